The van der Waals surface area contributed by atoms with Gasteiger partial charge in [0.05, 0.1) is 6.54 Å². The van der Waals surface area contributed by atoms with Crippen molar-refractivity contribution >= 4 is 5.91 Å². The number of carbonyl (C=O) groups excluding carboxylic acids is 1. The molecular formula is C16H22F2N2O2. The maximum absolute atomic E-state index is 13.0. The Hall–Kier alpha value is -1.69. The first-order chi connectivity index (χ1) is 10.6. The van der Waals surface area contributed by atoms with E-state index >= 15 is 0 Å². The second-order valence-corrected chi connectivity index (χ2v) is 5.51. The van der Waals surface area contributed by atoms with Crippen molar-refractivity contribution in [2.75, 3.05) is 26.2 Å². The van der Waals surface area contributed by atoms with E-state index in [-0.39, 0.29) is 18.3 Å². The number of nitrogens with one attached hydrogen (secondary N) is 2. The third kappa shape index (κ3) is 5.60. The molecule has 22 heavy (non-hydrogen) atoms. The number of halogens is 2. The van der Waals surface area contributed by atoms with E-state index in [0.717, 1.165) is 44.5 Å². The Kier molecular flexibility index (Phi) is 6.58. The highest BCUT2D eigenvalue weighted by Gasteiger charge is 2.14. The average Bonchev–Trinajstić information content (AvgIpc) is 2.54. The summed E-state index contributed by atoms with van der Waals surface area (Å²) < 4.78 is 31.0. The first kappa shape index (κ1) is 16.7. The molecule has 0 unspecified atom stereocenters. The predicted octanol–water partition coefficient (Wildman–Crippen LogP) is 2.24. The summed E-state index contributed by atoms with van der Waals surface area (Å²) in [6, 6.07) is 3.37. The largest absolute Gasteiger partial charge is 0.492 e. The highest BCUT2D eigenvalue weighted by Crippen LogP contribution is 2.17. The smallest absolute Gasteiger partial charge is 0.220 e. The van der Waals surface area contributed by atoms with Crippen LogP contribution in [0.1, 0.15) is 25.7 Å². The van der Waals surface area contributed by atoms with Crippen molar-refractivity contribution in [3.8, 4) is 5.75 Å². The van der Waals surface area contributed by atoms with E-state index in [4.69, 9.17) is 4.74 Å². The molecule has 1 saturated heterocycles. The van der Waals surface area contributed by atoms with Gasteiger partial charge in [0.15, 0.2) is 11.6 Å². The highest BCUT2D eigenvalue weighted by atomic mass is 19.2. The summed E-state index contributed by atoms with van der Waals surface area (Å²) >= 11 is 0. The number of hydrogen-bond acceptors (Lipinski definition) is 3. The molecule has 4 nitrogen and oxygen atoms in total. The summed E-state index contributed by atoms with van der Waals surface area (Å²) in [7, 11) is 0. The lowest BCUT2D eigenvalue weighted by Crippen LogP contribution is -2.30. The first-order valence-corrected chi connectivity index (χ1v) is 7.70. The summed E-state index contributed by atoms with van der Waals surface area (Å²) in [5.41, 5.74) is 0. The van der Waals surface area contributed by atoms with Gasteiger partial charge in [-0.3, -0.25) is 4.79 Å². The molecule has 0 radical (unpaired) electrons. The van der Waals surface area contributed by atoms with Gasteiger partial charge in [0.2, 0.25) is 5.91 Å². The molecular weight excluding hydrogens is 290 g/mol. The van der Waals surface area contributed by atoms with E-state index in [1.807, 2.05) is 0 Å². The van der Waals surface area contributed by atoms with Crippen molar-refractivity contribution in [2.45, 2.75) is 25.7 Å². The molecule has 0 saturated carbocycles. The fraction of sp³-hybridized carbons (Fsp3) is 0.562. The molecule has 0 atom stereocenters. The lowest BCUT2D eigenvalue weighted by Gasteiger charge is -2.22. The van der Waals surface area contributed by atoms with Gasteiger partial charge in [-0.25, -0.2) is 8.78 Å². The Morgan fingerprint density at radius 1 is 1.27 bits per heavy atom. The third-order valence-electron chi connectivity index (χ3n) is 3.82. The number of carbonyl (C=O) groups is 1. The fourth-order valence-electron chi connectivity index (χ4n) is 2.52. The normalized spacial score (nSPS) is 15.5. The molecule has 1 aromatic rings. The van der Waals surface area contributed by atoms with Crippen molar-refractivity contribution in [3.63, 3.8) is 0 Å². The summed E-state index contributed by atoms with van der Waals surface area (Å²) in [5.74, 6) is -0.956. The summed E-state index contributed by atoms with van der Waals surface area (Å²) in [4.78, 5) is 11.7. The van der Waals surface area contributed by atoms with Gasteiger partial charge in [0.1, 0.15) is 12.4 Å². The maximum Gasteiger partial charge on any atom is 0.220 e. The van der Waals surface area contributed by atoms with Gasteiger partial charge in [0, 0.05) is 12.5 Å². The van der Waals surface area contributed by atoms with E-state index in [2.05, 4.69) is 10.6 Å². The van der Waals surface area contributed by atoms with Crippen LogP contribution in [0.3, 0.4) is 0 Å². The van der Waals surface area contributed by atoms with Gasteiger partial charge >= 0.3 is 0 Å². The molecule has 0 aliphatic carbocycles. The fourth-order valence-corrected chi connectivity index (χ4v) is 2.52. The average molecular weight is 312 g/mol. The number of ether oxygens (including phenoxy) is 1. The molecule has 0 bridgehead atoms. The number of hydrogen-bond donors (Lipinski definition) is 2. The molecule has 2 N–H and O–H groups in total. The molecule has 2 rings (SSSR count). The topological polar surface area (TPSA) is 50.4 Å². The third-order valence-corrected chi connectivity index (χ3v) is 3.82. The van der Waals surface area contributed by atoms with Gasteiger partial charge in [0.25, 0.3) is 0 Å². The van der Waals surface area contributed by atoms with Gasteiger partial charge in [-0.2, -0.15) is 0 Å². The molecule has 122 valence electrons. The zero-order valence-electron chi connectivity index (χ0n) is 12.5. The summed E-state index contributed by atoms with van der Waals surface area (Å²) in [5, 5.41) is 6.07. The van der Waals surface area contributed by atoms with E-state index in [1.165, 1.54) is 6.07 Å². The Bertz CT molecular complexity index is 491. The number of rotatable bonds is 7. The van der Waals surface area contributed by atoms with Crippen LogP contribution in [0.4, 0.5) is 8.78 Å². The van der Waals surface area contributed by atoms with Gasteiger partial charge in [-0.1, -0.05) is 0 Å². The lowest BCUT2D eigenvalue weighted by atomic mass is 9.93. The molecule has 1 aliphatic heterocycles. The Morgan fingerprint density at radius 2 is 2.05 bits per heavy atom. The van der Waals surface area contributed by atoms with Crippen LogP contribution in [0.25, 0.3) is 0 Å². The lowest BCUT2D eigenvalue weighted by molar-refractivity contribution is -0.121. The minimum Gasteiger partial charge on any atom is -0.492 e. The second kappa shape index (κ2) is 8.68. The SMILES string of the molecule is O=C(CCC1CCNCC1)NCCOc1ccc(F)c(F)c1. The van der Waals surface area contributed by atoms with E-state index < -0.39 is 11.6 Å². The van der Waals surface area contributed by atoms with Gasteiger partial charge in [-0.15, -0.1) is 0 Å². The van der Waals surface area contributed by atoms with Crippen LogP contribution >= 0.6 is 0 Å². The monoisotopic (exact) mass is 312 g/mol. The van der Waals surface area contributed by atoms with E-state index in [0.29, 0.717) is 18.9 Å². The van der Waals surface area contributed by atoms with Crippen LogP contribution in [0, 0.1) is 17.6 Å². The van der Waals surface area contributed by atoms with Crippen molar-refractivity contribution in [1.82, 2.24) is 10.6 Å². The van der Waals surface area contributed by atoms with Crippen LogP contribution in [-0.2, 0) is 4.79 Å². The molecule has 1 aromatic carbocycles. The molecule has 6 heteroatoms. The number of benzene rings is 1. The Morgan fingerprint density at radius 3 is 2.77 bits per heavy atom. The van der Waals surface area contributed by atoms with Crippen LogP contribution in [0.15, 0.2) is 18.2 Å². The van der Waals surface area contributed by atoms with E-state index in [1.54, 1.807) is 0 Å². The maximum atomic E-state index is 13.0. The predicted molar refractivity (Wildman–Crippen MR) is 79.7 cm³/mol. The van der Waals surface area contributed by atoms with Crippen LogP contribution in [0.2, 0.25) is 0 Å². The van der Waals surface area contributed by atoms with Crippen LogP contribution in [-0.4, -0.2) is 32.1 Å². The molecule has 1 heterocycles. The second-order valence-electron chi connectivity index (χ2n) is 5.51. The zero-order chi connectivity index (χ0) is 15.8. The highest BCUT2D eigenvalue weighted by molar-refractivity contribution is 5.75. The minimum absolute atomic E-state index is 0.00687. The van der Waals surface area contributed by atoms with Crippen molar-refractivity contribution in [1.29, 1.82) is 0 Å². The van der Waals surface area contributed by atoms with Crippen LogP contribution < -0.4 is 15.4 Å². The van der Waals surface area contributed by atoms with Crippen molar-refractivity contribution < 1.29 is 18.3 Å². The minimum atomic E-state index is -0.941. The Labute approximate surface area is 129 Å². The van der Waals surface area contributed by atoms with Gasteiger partial charge in [-0.05, 0) is 50.4 Å². The summed E-state index contributed by atoms with van der Waals surface area (Å²) in [6.45, 7) is 2.65. The molecule has 0 aromatic heterocycles. The zero-order valence-corrected chi connectivity index (χ0v) is 12.5. The van der Waals surface area contributed by atoms with Gasteiger partial charge < -0.3 is 15.4 Å². The molecule has 1 aliphatic rings. The van der Waals surface area contributed by atoms with Crippen molar-refractivity contribution in [3.05, 3.63) is 29.8 Å². The molecule has 1 amide bonds. The number of amides is 1. The quantitative estimate of drug-likeness (QED) is 0.759. The number of piperidine rings is 1. The molecule has 1 fully saturated rings. The van der Waals surface area contributed by atoms with E-state index in [9.17, 15) is 13.6 Å². The standard InChI is InChI=1S/C16H22F2N2O2/c17-14-3-2-13(11-15(14)18)22-10-9-20-16(21)4-1-12-5-7-19-8-6-12/h2-3,11-12,19H,1,4-10H2,(H,20,21). The summed E-state index contributed by atoms with van der Waals surface area (Å²) in [6.07, 6.45) is 3.70. The Balaban J connectivity index is 1.57. The molecule has 0 spiro atoms. The first-order valence-electron chi connectivity index (χ1n) is 7.70. The van der Waals surface area contributed by atoms with Crippen LogP contribution in [0.5, 0.6) is 5.75 Å². The van der Waals surface area contributed by atoms with Crippen molar-refractivity contribution in [2.24, 2.45) is 5.92 Å².